The van der Waals surface area contributed by atoms with E-state index >= 15 is 0 Å². The molecule has 1 aliphatic rings. The van der Waals surface area contributed by atoms with Gasteiger partial charge >= 0.3 is 0 Å². The van der Waals surface area contributed by atoms with Gasteiger partial charge in [0.15, 0.2) is 0 Å². The molecular weight excluding hydrogens is 400 g/mol. The molecule has 1 N–H and O–H groups in total. The predicted octanol–water partition coefficient (Wildman–Crippen LogP) is 3.49. The van der Waals surface area contributed by atoms with E-state index in [9.17, 15) is 13.2 Å². The van der Waals surface area contributed by atoms with Crippen molar-refractivity contribution in [1.82, 2.24) is 4.31 Å². The van der Waals surface area contributed by atoms with Gasteiger partial charge in [0, 0.05) is 18.8 Å². The van der Waals surface area contributed by atoms with E-state index in [1.165, 1.54) is 16.4 Å². The average Bonchev–Trinajstić information content (AvgIpc) is 2.71. The third-order valence-electron chi connectivity index (χ3n) is 4.71. The first kappa shape index (κ1) is 20.8. The number of ether oxygens (including phenoxy) is 1. The number of anilines is 1. The van der Waals surface area contributed by atoms with Crippen molar-refractivity contribution in [3.63, 3.8) is 0 Å². The number of rotatable bonds is 6. The summed E-state index contributed by atoms with van der Waals surface area (Å²) in [4.78, 5) is 12.8. The van der Waals surface area contributed by atoms with Crippen LogP contribution < -0.4 is 5.32 Å². The molecule has 1 amide bonds. The number of nitrogens with one attached hydrogen (secondary N) is 1. The van der Waals surface area contributed by atoms with E-state index in [-0.39, 0.29) is 34.8 Å². The Morgan fingerprint density at radius 2 is 1.86 bits per heavy atom. The summed E-state index contributed by atoms with van der Waals surface area (Å²) >= 11 is 6.17. The molecule has 1 atom stereocenters. The zero-order chi connectivity index (χ0) is 20.1. The minimum absolute atomic E-state index is 0.0124. The maximum absolute atomic E-state index is 12.9. The van der Waals surface area contributed by atoms with Gasteiger partial charge in [0.2, 0.25) is 15.9 Å². The van der Waals surface area contributed by atoms with Gasteiger partial charge in [0.05, 0.1) is 24.2 Å². The Balaban J connectivity index is 1.84. The van der Waals surface area contributed by atoms with Crippen LogP contribution in [0.3, 0.4) is 0 Å². The number of benzene rings is 2. The normalized spacial score (nSPS) is 16.5. The van der Waals surface area contributed by atoms with Crippen LogP contribution in [0.5, 0.6) is 0 Å². The van der Waals surface area contributed by atoms with Crippen LogP contribution in [0.4, 0.5) is 5.69 Å². The van der Waals surface area contributed by atoms with E-state index in [0.717, 1.165) is 5.56 Å². The Bertz CT molecular complexity index is 928. The first-order valence-corrected chi connectivity index (χ1v) is 11.0. The van der Waals surface area contributed by atoms with Crippen LogP contribution in [0.25, 0.3) is 0 Å². The number of sulfonamides is 1. The third-order valence-corrected chi connectivity index (χ3v) is 7.09. The summed E-state index contributed by atoms with van der Waals surface area (Å²) in [5.41, 5.74) is 1.31. The Morgan fingerprint density at radius 1 is 1.18 bits per heavy atom. The minimum Gasteiger partial charge on any atom is -0.379 e. The first-order valence-electron chi connectivity index (χ1n) is 9.16. The molecule has 0 aromatic heterocycles. The number of nitrogens with zero attached hydrogens (tertiary/aromatic N) is 1. The molecule has 6 nitrogen and oxygen atoms in total. The van der Waals surface area contributed by atoms with Crippen molar-refractivity contribution in [3.8, 4) is 0 Å². The van der Waals surface area contributed by atoms with Crippen LogP contribution in [-0.2, 0) is 19.6 Å². The van der Waals surface area contributed by atoms with Crippen molar-refractivity contribution in [1.29, 1.82) is 0 Å². The Kier molecular flexibility index (Phi) is 6.72. The zero-order valence-corrected chi connectivity index (χ0v) is 17.2. The number of amides is 1. The van der Waals surface area contributed by atoms with Crippen LogP contribution in [0.1, 0.15) is 24.8 Å². The molecule has 1 aliphatic heterocycles. The van der Waals surface area contributed by atoms with Gasteiger partial charge in [-0.15, -0.1) is 0 Å². The molecule has 3 rings (SSSR count). The molecule has 28 heavy (non-hydrogen) atoms. The van der Waals surface area contributed by atoms with Crippen molar-refractivity contribution in [3.05, 3.63) is 59.1 Å². The number of hydrogen-bond acceptors (Lipinski definition) is 4. The highest BCUT2D eigenvalue weighted by atomic mass is 35.5. The van der Waals surface area contributed by atoms with E-state index in [0.29, 0.717) is 25.3 Å². The molecule has 0 unspecified atom stereocenters. The lowest BCUT2D eigenvalue weighted by molar-refractivity contribution is -0.117. The van der Waals surface area contributed by atoms with Crippen molar-refractivity contribution in [2.24, 2.45) is 0 Å². The molecule has 1 saturated heterocycles. The average molecular weight is 423 g/mol. The highest BCUT2D eigenvalue weighted by Gasteiger charge is 2.29. The van der Waals surface area contributed by atoms with Crippen LogP contribution in [-0.4, -0.2) is 44.9 Å². The highest BCUT2D eigenvalue weighted by molar-refractivity contribution is 7.89. The zero-order valence-electron chi connectivity index (χ0n) is 15.6. The summed E-state index contributed by atoms with van der Waals surface area (Å²) in [6.45, 7) is 3.20. The van der Waals surface area contributed by atoms with E-state index < -0.39 is 10.0 Å². The fourth-order valence-electron chi connectivity index (χ4n) is 3.19. The lowest BCUT2D eigenvalue weighted by Gasteiger charge is -2.26. The molecule has 0 bridgehead atoms. The molecule has 0 radical (unpaired) electrons. The number of hydrogen-bond donors (Lipinski definition) is 1. The Hall–Kier alpha value is -1.93. The van der Waals surface area contributed by atoms with Gasteiger partial charge in [-0.25, -0.2) is 8.42 Å². The summed E-state index contributed by atoms with van der Waals surface area (Å²) < 4.78 is 32.4. The Morgan fingerprint density at radius 3 is 2.50 bits per heavy atom. The summed E-state index contributed by atoms with van der Waals surface area (Å²) in [5.74, 6) is -0.512. The van der Waals surface area contributed by atoms with Crippen LogP contribution >= 0.6 is 11.6 Å². The largest absolute Gasteiger partial charge is 0.379 e. The first-order chi connectivity index (χ1) is 13.4. The molecule has 1 heterocycles. The monoisotopic (exact) mass is 422 g/mol. The summed E-state index contributed by atoms with van der Waals surface area (Å²) in [7, 11) is -3.76. The second-order valence-corrected chi connectivity index (χ2v) is 8.84. The van der Waals surface area contributed by atoms with Crippen molar-refractivity contribution in [2.45, 2.75) is 24.2 Å². The van der Waals surface area contributed by atoms with Gasteiger partial charge in [0.25, 0.3) is 0 Å². The highest BCUT2D eigenvalue weighted by Crippen LogP contribution is 2.29. The van der Waals surface area contributed by atoms with Crippen LogP contribution in [0, 0.1) is 0 Å². The van der Waals surface area contributed by atoms with Gasteiger partial charge in [-0.05, 0) is 30.2 Å². The van der Waals surface area contributed by atoms with Crippen molar-refractivity contribution in [2.75, 3.05) is 31.6 Å². The number of carbonyl (C=O) groups excluding carboxylic acids is 1. The molecule has 0 saturated carbocycles. The van der Waals surface area contributed by atoms with Crippen LogP contribution in [0.15, 0.2) is 53.4 Å². The third kappa shape index (κ3) is 4.55. The standard InChI is InChI=1S/C20H23ClN2O4S/c1-2-17(15-6-4-3-5-7-15)20(24)22-16-8-9-18(21)19(14-16)28(25,26)23-10-12-27-13-11-23/h3-9,14,17H,2,10-13H2,1H3,(H,22,24)/t17-/m0/s1. The van der Waals surface area contributed by atoms with Gasteiger partial charge in [-0.3, -0.25) is 4.79 Å². The molecule has 1 fully saturated rings. The van der Waals surface area contributed by atoms with E-state index in [1.54, 1.807) is 6.07 Å². The lowest BCUT2D eigenvalue weighted by Crippen LogP contribution is -2.40. The SMILES string of the molecule is CC[C@H](C(=O)Nc1ccc(Cl)c(S(=O)(=O)N2CCOCC2)c1)c1ccccc1. The number of morpholine rings is 1. The maximum atomic E-state index is 12.9. The van der Waals surface area contributed by atoms with Gasteiger partial charge < -0.3 is 10.1 Å². The summed E-state index contributed by atoms with van der Waals surface area (Å²) in [5, 5.41) is 2.95. The van der Waals surface area contributed by atoms with Gasteiger partial charge in [-0.1, -0.05) is 48.9 Å². The van der Waals surface area contributed by atoms with Crippen molar-refractivity contribution < 1.29 is 17.9 Å². The summed E-state index contributed by atoms with van der Waals surface area (Å²) in [6, 6.07) is 14.0. The van der Waals surface area contributed by atoms with Crippen LogP contribution in [0.2, 0.25) is 5.02 Å². The number of halogens is 1. The van der Waals surface area contributed by atoms with Gasteiger partial charge in [-0.2, -0.15) is 4.31 Å². The summed E-state index contributed by atoms with van der Waals surface area (Å²) in [6.07, 6.45) is 0.627. The predicted molar refractivity (Wildman–Crippen MR) is 109 cm³/mol. The smallest absolute Gasteiger partial charge is 0.244 e. The number of carbonyl (C=O) groups is 1. The minimum atomic E-state index is -3.76. The van der Waals surface area contributed by atoms with Gasteiger partial charge in [0.1, 0.15) is 4.90 Å². The van der Waals surface area contributed by atoms with E-state index in [1.807, 2.05) is 37.3 Å². The molecule has 8 heteroatoms. The Labute approximate surface area is 170 Å². The fraction of sp³-hybridized carbons (Fsp3) is 0.350. The fourth-order valence-corrected chi connectivity index (χ4v) is 5.10. The quantitative estimate of drug-likeness (QED) is 0.773. The molecule has 0 aliphatic carbocycles. The molecular formula is C20H23ClN2O4S. The maximum Gasteiger partial charge on any atom is 0.244 e. The van der Waals surface area contributed by atoms with E-state index in [2.05, 4.69) is 5.32 Å². The topological polar surface area (TPSA) is 75.7 Å². The molecule has 2 aromatic rings. The second-order valence-electron chi connectivity index (χ2n) is 6.52. The molecule has 2 aromatic carbocycles. The van der Waals surface area contributed by atoms with Crippen molar-refractivity contribution >= 4 is 33.2 Å². The van der Waals surface area contributed by atoms with E-state index in [4.69, 9.17) is 16.3 Å². The molecule has 150 valence electrons. The second kappa shape index (κ2) is 9.05. The lowest BCUT2D eigenvalue weighted by atomic mass is 9.95. The molecule has 0 spiro atoms.